The number of nitrogens with two attached hydrogens (primary N) is 1. The SMILES string of the molecule is COCC(C)CNC(=O)c1ccc(Cl)c(S(N)(=O)=O)c1. The molecule has 1 atom stereocenters. The van der Waals surface area contributed by atoms with E-state index in [1.165, 1.54) is 12.1 Å². The molecular formula is C12H17ClN2O4S. The first-order valence-electron chi connectivity index (χ1n) is 5.85. The Labute approximate surface area is 123 Å². The molecule has 0 saturated heterocycles. The van der Waals surface area contributed by atoms with Crippen LogP contribution in [0.5, 0.6) is 0 Å². The number of nitrogens with one attached hydrogen (secondary N) is 1. The average molecular weight is 321 g/mol. The quantitative estimate of drug-likeness (QED) is 0.816. The van der Waals surface area contributed by atoms with Crippen molar-refractivity contribution in [3.63, 3.8) is 0 Å². The molecule has 0 aromatic heterocycles. The number of sulfonamides is 1. The standard InChI is InChI=1S/C12H17ClN2O4S/c1-8(7-19-2)6-15-12(16)9-3-4-10(13)11(5-9)20(14,17)18/h3-5,8H,6-7H2,1-2H3,(H,15,16)(H2,14,17,18). The van der Waals surface area contributed by atoms with Gasteiger partial charge in [0.1, 0.15) is 4.90 Å². The van der Waals surface area contributed by atoms with Gasteiger partial charge in [0.25, 0.3) is 5.91 Å². The van der Waals surface area contributed by atoms with E-state index in [9.17, 15) is 13.2 Å². The van der Waals surface area contributed by atoms with Crippen LogP contribution in [-0.2, 0) is 14.8 Å². The van der Waals surface area contributed by atoms with Crippen molar-refractivity contribution in [2.75, 3.05) is 20.3 Å². The topological polar surface area (TPSA) is 98.5 Å². The summed E-state index contributed by atoms with van der Waals surface area (Å²) in [7, 11) is -2.38. The zero-order valence-electron chi connectivity index (χ0n) is 11.2. The second-order valence-electron chi connectivity index (χ2n) is 4.46. The Kier molecular flexibility index (Phi) is 5.94. The molecule has 0 aliphatic carbocycles. The molecule has 6 nitrogen and oxygen atoms in total. The molecular weight excluding hydrogens is 304 g/mol. The summed E-state index contributed by atoms with van der Waals surface area (Å²) in [6, 6.07) is 3.93. The molecule has 112 valence electrons. The van der Waals surface area contributed by atoms with Gasteiger partial charge in [-0.05, 0) is 24.1 Å². The fraction of sp³-hybridized carbons (Fsp3) is 0.417. The Hall–Kier alpha value is -1.15. The summed E-state index contributed by atoms with van der Waals surface area (Å²) in [6.07, 6.45) is 0. The maximum atomic E-state index is 11.9. The van der Waals surface area contributed by atoms with Crippen molar-refractivity contribution in [2.45, 2.75) is 11.8 Å². The van der Waals surface area contributed by atoms with Crippen LogP contribution >= 0.6 is 11.6 Å². The van der Waals surface area contributed by atoms with Crippen LogP contribution in [0, 0.1) is 5.92 Å². The van der Waals surface area contributed by atoms with Crippen LogP contribution in [0.25, 0.3) is 0 Å². The fourth-order valence-corrected chi connectivity index (χ4v) is 2.65. The Balaban J connectivity index is 2.85. The minimum absolute atomic E-state index is 0.0169. The molecule has 1 amide bonds. The van der Waals surface area contributed by atoms with Gasteiger partial charge in [0.15, 0.2) is 0 Å². The molecule has 0 fully saturated rings. The maximum Gasteiger partial charge on any atom is 0.251 e. The van der Waals surface area contributed by atoms with Gasteiger partial charge in [-0.2, -0.15) is 0 Å². The predicted molar refractivity (Wildman–Crippen MR) is 76.2 cm³/mol. The van der Waals surface area contributed by atoms with Crippen LogP contribution in [0.1, 0.15) is 17.3 Å². The highest BCUT2D eigenvalue weighted by Gasteiger charge is 2.16. The third-order valence-electron chi connectivity index (χ3n) is 2.56. The third-order valence-corrected chi connectivity index (χ3v) is 3.95. The number of benzene rings is 1. The molecule has 0 saturated carbocycles. The van der Waals surface area contributed by atoms with Crippen molar-refractivity contribution in [1.82, 2.24) is 5.32 Å². The molecule has 0 aliphatic rings. The Bertz CT molecular complexity index is 589. The van der Waals surface area contributed by atoms with E-state index in [0.717, 1.165) is 6.07 Å². The van der Waals surface area contributed by atoms with Crippen molar-refractivity contribution in [3.8, 4) is 0 Å². The molecule has 0 radical (unpaired) electrons. The monoisotopic (exact) mass is 320 g/mol. The number of rotatable bonds is 6. The average Bonchev–Trinajstić information content (AvgIpc) is 2.35. The number of primary sulfonamides is 1. The van der Waals surface area contributed by atoms with Crippen LogP contribution < -0.4 is 10.5 Å². The summed E-state index contributed by atoms with van der Waals surface area (Å²) in [4.78, 5) is 11.6. The number of carbonyl (C=O) groups is 1. The number of ether oxygens (including phenoxy) is 1. The van der Waals surface area contributed by atoms with Gasteiger partial charge in [-0.3, -0.25) is 4.79 Å². The number of halogens is 1. The molecule has 8 heteroatoms. The first-order chi connectivity index (χ1) is 9.25. The third kappa shape index (κ3) is 4.75. The molecule has 20 heavy (non-hydrogen) atoms. The van der Waals surface area contributed by atoms with Crippen LogP contribution in [0.2, 0.25) is 5.02 Å². The van der Waals surface area contributed by atoms with Crippen molar-refractivity contribution in [2.24, 2.45) is 11.1 Å². The highest BCUT2D eigenvalue weighted by Crippen LogP contribution is 2.21. The lowest BCUT2D eigenvalue weighted by molar-refractivity contribution is 0.0934. The van der Waals surface area contributed by atoms with Crippen molar-refractivity contribution < 1.29 is 17.9 Å². The minimum atomic E-state index is -3.96. The smallest absolute Gasteiger partial charge is 0.251 e. The summed E-state index contributed by atoms with van der Waals surface area (Å²) in [5.74, 6) is -0.247. The summed E-state index contributed by atoms with van der Waals surface area (Å²) in [5, 5.41) is 7.70. The summed E-state index contributed by atoms with van der Waals surface area (Å²) < 4.78 is 27.6. The number of amides is 1. The second kappa shape index (κ2) is 7.03. The molecule has 0 bridgehead atoms. The Morgan fingerprint density at radius 1 is 1.50 bits per heavy atom. The number of methoxy groups -OCH3 is 1. The number of carbonyl (C=O) groups excluding carboxylic acids is 1. The lowest BCUT2D eigenvalue weighted by Crippen LogP contribution is -2.30. The van der Waals surface area contributed by atoms with Gasteiger partial charge in [0.2, 0.25) is 10.0 Å². The van der Waals surface area contributed by atoms with E-state index >= 15 is 0 Å². The highest BCUT2D eigenvalue weighted by atomic mass is 35.5. The molecule has 1 unspecified atom stereocenters. The lowest BCUT2D eigenvalue weighted by atomic mass is 10.1. The largest absolute Gasteiger partial charge is 0.384 e. The van der Waals surface area contributed by atoms with Crippen molar-refractivity contribution >= 4 is 27.5 Å². The second-order valence-corrected chi connectivity index (χ2v) is 6.40. The van der Waals surface area contributed by atoms with Gasteiger partial charge in [-0.15, -0.1) is 0 Å². The van der Waals surface area contributed by atoms with E-state index in [1.54, 1.807) is 7.11 Å². The van der Waals surface area contributed by atoms with E-state index in [1.807, 2.05) is 6.92 Å². The minimum Gasteiger partial charge on any atom is -0.384 e. The van der Waals surface area contributed by atoms with Gasteiger partial charge in [-0.25, -0.2) is 13.6 Å². The fourth-order valence-electron chi connectivity index (χ4n) is 1.58. The summed E-state index contributed by atoms with van der Waals surface area (Å²) in [5.41, 5.74) is 0.183. The van der Waals surface area contributed by atoms with E-state index in [2.05, 4.69) is 5.32 Å². The van der Waals surface area contributed by atoms with E-state index < -0.39 is 15.9 Å². The van der Waals surface area contributed by atoms with E-state index in [0.29, 0.717) is 13.2 Å². The molecule has 0 heterocycles. The van der Waals surface area contributed by atoms with E-state index in [4.69, 9.17) is 21.5 Å². The van der Waals surface area contributed by atoms with Crippen LogP contribution in [-0.4, -0.2) is 34.6 Å². The van der Waals surface area contributed by atoms with E-state index in [-0.39, 0.29) is 21.4 Å². The molecule has 0 aliphatic heterocycles. The number of hydrogen-bond donors (Lipinski definition) is 2. The number of hydrogen-bond acceptors (Lipinski definition) is 4. The van der Waals surface area contributed by atoms with Gasteiger partial charge in [0, 0.05) is 19.2 Å². The van der Waals surface area contributed by atoms with Crippen LogP contribution in [0.3, 0.4) is 0 Å². The Morgan fingerprint density at radius 3 is 2.70 bits per heavy atom. The van der Waals surface area contributed by atoms with Crippen molar-refractivity contribution in [3.05, 3.63) is 28.8 Å². The zero-order chi connectivity index (χ0) is 15.3. The zero-order valence-corrected chi connectivity index (χ0v) is 12.8. The van der Waals surface area contributed by atoms with Crippen LogP contribution in [0.4, 0.5) is 0 Å². The van der Waals surface area contributed by atoms with Gasteiger partial charge >= 0.3 is 0 Å². The summed E-state index contributed by atoms with van der Waals surface area (Å²) in [6.45, 7) is 2.85. The lowest BCUT2D eigenvalue weighted by Gasteiger charge is -2.12. The van der Waals surface area contributed by atoms with Gasteiger partial charge in [-0.1, -0.05) is 18.5 Å². The maximum absolute atomic E-state index is 11.9. The van der Waals surface area contributed by atoms with Crippen LogP contribution in [0.15, 0.2) is 23.1 Å². The highest BCUT2D eigenvalue weighted by molar-refractivity contribution is 7.89. The molecule has 3 N–H and O–H groups in total. The molecule has 1 rings (SSSR count). The first kappa shape index (κ1) is 16.9. The molecule has 1 aromatic carbocycles. The summed E-state index contributed by atoms with van der Waals surface area (Å²) >= 11 is 5.75. The molecule has 1 aromatic rings. The molecule has 0 spiro atoms. The van der Waals surface area contributed by atoms with Crippen molar-refractivity contribution in [1.29, 1.82) is 0 Å². The normalized spacial score (nSPS) is 13.0. The Morgan fingerprint density at radius 2 is 2.15 bits per heavy atom. The van der Waals surface area contributed by atoms with Gasteiger partial charge < -0.3 is 10.1 Å². The van der Waals surface area contributed by atoms with Gasteiger partial charge in [0.05, 0.1) is 11.6 Å². The first-order valence-corrected chi connectivity index (χ1v) is 7.77. The predicted octanol–water partition coefficient (Wildman–Crippen LogP) is 1.000.